The maximum atomic E-state index is 12.6. The van der Waals surface area contributed by atoms with Crippen LogP contribution >= 0.6 is 27.5 Å². The fourth-order valence-electron chi connectivity index (χ4n) is 12.1. The second-order valence-corrected chi connectivity index (χ2v) is 28.0. The van der Waals surface area contributed by atoms with Gasteiger partial charge in [-0.2, -0.15) is 5.26 Å². The Labute approximate surface area is 767 Å². The van der Waals surface area contributed by atoms with Crippen molar-refractivity contribution in [3.05, 3.63) is 245 Å². The molecule has 0 saturated heterocycles. The average molecular weight is 1840 g/mol. The van der Waals surface area contributed by atoms with E-state index in [1.165, 1.54) is 44.3 Å². The molecule has 13 aromatic rings. The van der Waals surface area contributed by atoms with Crippen molar-refractivity contribution < 1.29 is 121 Å². The molecule has 13 N–H and O–H groups in total. The molecule has 127 heavy (non-hydrogen) atoms. The maximum Gasteiger partial charge on any atom is 1.00 e. The van der Waals surface area contributed by atoms with Gasteiger partial charge in [-0.1, -0.05) is 73.3 Å². The van der Waals surface area contributed by atoms with E-state index in [1.807, 2.05) is 131 Å². The number of hydrogen-bond donors (Lipinski definition) is 9. The van der Waals surface area contributed by atoms with E-state index >= 15 is 0 Å². The van der Waals surface area contributed by atoms with Gasteiger partial charge in [-0.3, -0.25) is 24.2 Å². The Morgan fingerprint density at radius 2 is 0.921 bits per heavy atom. The molecular weight excluding hydrogens is 1740 g/mol. The number of aromatic amines is 3. The van der Waals surface area contributed by atoms with Crippen molar-refractivity contribution in [3.63, 3.8) is 0 Å². The van der Waals surface area contributed by atoms with E-state index in [2.05, 4.69) is 76.2 Å². The molecule has 0 atom stereocenters. The fourth-order valence-corrected chi connectivity index (χ4v) is 12.8. The first-order valence-corrected chi connectivity index (χ1v) is 39.5. The molecular formula is C89H104BBrClN12NaO22. The molecule has 0 aliphatic rings. The van der Waals surface area contributed by atoms with Crippen LogP contribution in [-0.2, 0) is 33.3 Å². The molecule has 0 aliphatic heterocycles. The molecule has 0 spiro atoms. The first-order chi connectivity index (χ1) is 58.8. The molecule has 0 aliphatic carbocycles. The van der Waals surface area contributed by atoms with Crippen LogP contribution in [0.4, 0.5) is 5.69 Å². The summed E-state index contributed by atoms with van der Waals surface area (Å²) in [7, 11) is 0.0197. The van der Waals surface area contributed by atoms with Crippen LogP contribution < -0.4 is 68.5 Å². The monoisotopic (exact) mass is 1840 g/mol. The summed E-state index contributed by atoms with van der Waals surface area (Å²) in [5.41, 5.74) is 31.2. The molecule has 34 nitrogen and oxygen atoms in total. The minimum Gasteiger partial charge on any atom is -0.870 e. The number of primary amides is 1. The van der Waals surface area contributed by atoms with Crippen LogP contribution in [0.15, 0.2) is 146 Å². The molecule has 8 heterocycles. The number of carboxylic acid groups (broad SMARTS) is 1. The molecule has 38 heteroatoms. The van der Waals surface area contributed by atoms with Crippen LogP contribution in [-0.4, -0.2) is 144 Å². The first kappa shape index (κ1) is 110. The summed E-state index contributed by atoms with van der Waals surface area (Å²) in [6, 6.07) is 24.0. The topological polar surface area (TPSA) is 557 Å². The van der Waals surface area contributed by atoms with Gasteiger partial charge in [0.15, 0.2) is 5.57 Å². The van der Waals surface area contributed by atoms with Crippen molar-refractivity contribution >= 4 is 125 Å². The predicted octanol–water partition coefficient (Wildman–Crippen LogP) is 11.6. The Kier molecular flexibility index (Phi) is 45.5. The van der Waals surface area contributed by atoms with Crippen molar-refractivity contribution in [3.8, 4) is 39.4 Å². The number of amides is 1. The zero-order valence-electron chi connectivity index (χ0n) is 73.7. The second-order valence-electron chi connectivity index (χ2n) is 26.7. The van der Waals surface area contributed by atoms with E-state index in [-0.39, 0.29) is 108 Å². The molecule has 0 fully saturated rings. The first-order valence-electron chi connectivity index (χ1n) is 38.3. The van der Waals surface area contributed by atoms with E-state index in [0.29, 0.717) is 77.9 Å². The van der Waals surface area contributed by atoms with Crippen LogP contribution in [0.3, 0.4) is 0 Å². The van der Waals surface area contributed by atoms with Gasteiger partial charge in [0.05, 0.1) is 78.0 Å². The summed E-state index contributed by atoms with van der Waals surface area (Å²) < 4.78 is 45.4. The Balaban J connectivity index is 0.000000505. The number of benzene rings is 5. The molecule has 8 aromatic heterocycles. The van der Waals surface area contributed by atoms with Gasteiger partial charge in [0, 0.05) is 102 Å². The van der Waals surface area contributed by atoms with E-state index in [9.17, 15) is 43.2 Å². The number of nitriles is 1. The summed E-state index contributed by atoms with van der Waals surface area (Å²) in [6.07, 6.45) is 6.49. The number of nitrogens with two attached hydrogens (primary N) is 3. The van der Waals surface area contributed by atoms with Crippen molar-refractivity contribution in [1.82, 2.24) is 40.6 Å². The Hall–Kier alpha value is -12.7. The summed E-state index contributed by atoms with van der Waals surface area (Å²) in [5.74, 6) is -1.88. The van der Waals surface area contributed by atoms with Gasteiger partial charge in [0.1, 0.15) is 46.0 Å². The molecule has 670 valence electrons. The summed E-state index contributed by atoms with van der Waals surface area (Å²) >= 11 is 9.64. The number of ether oxygens (including phenoxy) is 5. The number of rotatable bonds is 16. The van der Waals surface area contributed by atoms with Gasteiger partial charge in [0.25, 0.3) is 5.91 Å². The minimum absolute atomic E-state index is 0. The predicted molar refractivity (Wildman–Crippen MR) is 484 cm³/mol. The Morgan fingerprint density at radius 1 is 0.535 bits per heavy atom. The van der Waals surface area contributed by atoms with Crippen LogP contribution in [0.5, 0.6) is 0 Å². The van der Waals surface area contributed by atoms with E-state index in [0.717, 1.165) is 101 Å². The third-order valence-electron chi connectivity index (χ3n) is 17.9. The number of anilines is 1. The van der Waals surface area contributed by atoms with Crippen LogP contribution in [0.2, 0.25) is 5.02 Å². The van der Waals surface area contributed by atoms with E-state index in [4.69, 9.17) is 71.3 Å². The zero-order chi connectivity index (χ0) is 92.8. The molecule has 0 unspecified atom stereocenters. The van der Waals surface area contributed by atoms with Crippen molar-refractivity contribution in [2.45, 2.75) is 139 Å². The molecule has 0 saturated carbocycles. The van der Waals surface area contributed by atoms with Crippen LogP contribution in [0.25, 0.3) is 77.0 Å². The number of nitrogens with one attached hydrogen (secondary N) is 3. The van der Waals surface area contributed by atoms with Crippen molar-refractivity contribution in [1.29, 1.82) is 5.26 Å². The number of H-pyrrole nitrogens is 3. The second kappa shape index (κ2) is 52.3. The third kappa shape index (κ3) is 28.7. The number of hydrogen-bond acceptors (Lipinski definition) is 29. The van der Waals surface area contributed by atoms with Gasteiger partial charge in [-0.25, -0.2) is 24.0 Å². The SMILES string of the molecule is C.CC#N.CCOC(=O)c1c[nH]c2cc(-c3c(C)noc3C)c(C)cc2c1=O.CCOC(=O)c1c[nH]c2ccc(C)cc2c1=O.CCOC=C(C(=O)OCC)C(=O)OCC.CN.Cc1cc2c(=O)c(C(=O)O)c[nH]c2cc1-c1c(C)noc1C.Cc1cc2c(Cl)c(C(N)=O)cnc2cc1-c1c(C)noc1C.Cc1ccc(N)cc1Br.Cc1noc(C)c1B(O)O.[Na+].[OH-]. The van der Waals surface area contributed by atoms with Crippen molar-refractivity contribution in [2.75, 3.05) is 45.8 Å². The number of fused-ring (bicyclic) bond motifs is 4. The van der Waals surface area contributed by atoms with Crippen molar-refractivity contribution in [2.24, 2.45) is 11.5 Å². The standard InChI is InChI=1S/C18H18N2O4.C16H14ClN3O2.C16H14N2O4.C13H13NO3.C10H16O5.C7H8BrN.C5H8BNO3.C2H3N.CH5N.CH4.Na.H2O/c1-5-23-18(22)14-8-19-15-7-12(9(2)6-13(15)17(14)21)16-10(3)20-24-11(16)4;1-7-4-11-13(19-6-12(15(11)17)16(18)21)5-10(7)14-8(2)20-22-9(14)3;1-7-4-11-13(17-6-12(15(11)19)16(20)21)5-10(7)14-8(2)18-22-9(14)3;1-3-17-13(16)10-7-14-11-5-4-8(2)6-9(11)12(10)15;1-4-13-7-8(9(11)14-5-2)10(12)15-6-3;1-5-2-3-6(9)4-7(5)8;1-3-5(6(8)9)4(2)10-7-3;1-2-3;1-2;;;/h6-8H,5H2,1-4H3,(H,19,21);4-6H,1-3H3,(H2,18,21);4-6H,1-3H3,(H,17,19)(H,20,21);4-7H,3H2,1-2H3,(H,14,15);7H,4-6H2,1-3H3;2-4H,9H2,1H3;8-9H,1-2H3;1H3;2H2,1H3;1H4;;1H2/q;;;;;;;;;;+1;/p-1. The van der Waals surface area contributed by atoms with E-state index in [1.54, 1.807) is 72.7 Å². The molecule has 0 bridgehead atoms. The Bertz CT molecular complexity index is 6200. The van der Waals surface area contributed by atoms with Gasteiger partial charge in [-0.05, 0) is 231 Å². The van der Waals surface area contributed by atoms with Gasteiger partial charge >= 0.3 is 66.5 Å². The number of esters is 4. The number of nitrogen functional groups attached to an aromatic ring is 1. The largest absolute Gasteiger partial charge is 1.00 e. The zero-order valence-corrected chi connectivity index (χ0v) is 78.1. The van der Waals surface area contributed by atoms with Gasteiger partial charge < -0.3 is 94.6 Å². The van der Waals surface area contributed by atoms with E-state index < -0.39 is 48.3 Å². The van der Waals surface area contributed by atoms with Crippen LogP contribution in [0.1, 0.15) is 164 Å². The normalized spacial score (nSPS) is 9.95. The van der Waals surface area contributed by atoms with Gasteiger partial charge in [0.2, 0.25) is 16.3 Å². The number of carbonyl (C=O) groups excluding carboxylic acids is 5. The number of aromatic nitrogens is 8. The molecule has 5 aromatic carbocycles. The van der Waals surface area contributed by atoms with Gasteiger partial charge in [-0.15, -0.1) is 0 Å². The number of halogens is 2. The number of aryl methyl sites for hydroxylation is 13. The fraction of sp³-hybridized carbons (Fsp3) is 0.292. The third-order valence-corrected chi connectivity index (χ3v) is 19.2. The quantitative estimate of drug-likeness (QED) is 0.00634. The molecule has 13 rings (SSSR count). The average Bonchev–Trinajstić information content (AvgIpc) is 1.77. The summed E-state index contributed by atoms with van der Waals surface area (Å²) in [4.78, 5) is 118. The number of aromatic carboxylic acids is 1. The minimum atomic E-state index is -1.48. The number of nitrogens with zero attached hydrogens (tertiary/aromatic N) is 6. The Morgan fingerprint density at radius 3 is 1.28 bits per heavy atom. The number of pyridine rings is 4. The molecule has 1 amide bonds. The smallest absolute Gasteiger partial charge is 0.870 e. The van der Waals surface area contributed by atoms with Crippen LogP contribution in [0, 0.1) is 101 Å². The number of carbonyl (C=O) groups is 6. The maximum absolute atomic E-state index is 12.6. The summed E-state index contributed by atoms with van der Waals surface area (Å²) in [5, 5.41) is 51.6. The molecule has 0 radical (unpaired) electrons. The number of carboxylic acids is 1. The summed E-state index contributed by atoms with van der Waals surface area (Å²) in [6.45, 7) is 35.3.